The molecule has 0 aliphatic heterocycles. The number of nitrogens with one attached hydrogen (secondary N) is 1. The van der Waals surface area contributed by atoms with E-state index in [4.69, 9.17) is 4.42 Å². The lowest BCUT2D eigenvalue weighted by molar-refractivity contribution is 0.0918. The zero-order chi connectivity index (χ0) is 16.9. The van der Waals surface area contributed by atoms with Crippen LogP contribution in [0.1, 0.15) is 10.7 Å². The molecular weight excluding hydrogens is 315 g/mol. The highest BCUT2D eigenvalue weighted by Crippen LogP contribution is 2.20. The molecule has 0 spiro atoms. The molecule has 7 nitrogen and oxygen atoms in total. The van der Waals surface area contributed by atoms with Crippen molar-refractivity contribution in [2.45, 2.75) is 6.54 Å². The number of hydrogen-bond donors (Lipinski definition) is 1. The molecule has 1 amide bonds. The molecule has 0 saturated heterocycles. The monoisotopic (exact) mass is 328 g/mol. The summed E-state index contributed by atoms with van der Waals surface area (Å²) in [5, 5.41) is 6.48. The summed E-state index contributed by atoms with van der Waals surface area (Å²) in [6.45, 7) is 0.432. The lowest BCUT2D eigenvalue weighted by Gasteiger charge is -2.04. The predicted molar refractivity (Wildman–Crippen MR) is 82.7 cm³/mol. The number of rotatable bonds is 5. The van der Waals surface area contributed by atoms with Gasteiger partial charge in [0.05, 0.1) is 12.7 Å². The molecular formula is C16H13FN4O3. The average Bonchev–Trinajstić information content (AvgIpc) is 3.07. The second kappa shape index (κ2) is 6.86. The summed E-state index contributed by atoms with van der Waals surface area (Å²) >= 11 is 0. The Labute approximate surface area is 135 Å². The van der Waals surface area contributed by atoms with E-state index in [1.165, 1.54) is 47.4 Å². The van der Waals surface area contributed by atoms with E-state index in [9.17, 15) is 14.0 Å². The minimum absolute atomic E-state index is 0.109. The first kappa shape index (κ1) is 15.6. The van der Waals surface area contributed by atoms with Crippen LogP contribution in [0, 0.1) is 5.82 Å². The van der Waals surface area contributed by atoms with Gasteiger partial charge in [-0.1, -0.05) is 0 Å². The van der Waals surface area contributed by atoms with Crippen LogP contribution >= 0.6 is 0 Å². The summed E-state index contributed by atoms with van der Waals surface area (Å²) < 4.78 is 19.5. The number of benzene rings is 1. The first-order valence-corrected chi connectivity index (χ1v) is 7.15. The summed E-state index contributed by atoms with van der Waals surface area (Å²) in [5.74, 6) is -0.614. The lowest BCUT2D eigenvalue weighted by atomic mass is 10.2. The van der Waals surface area contributed by atoms with E-state index in [1.807, 2.05) is 0 Å². The highest BCUT2D eigenvalue weighted by atomic mass is 19.1. The van der Waals surface area contributed by atoms with Crippen molar-refractivity contribution in [3.8, 4) is 11.3 Å². The molecule has 1 aromatic carbocycles. The van der Waals surface area contributed by atoms with Gasteiger partial charge in [0, 0.05) is 24.4 Å². The molecule has 0 aliphatic carbocycles. The van der Waals surface area contributed by atoms with Crippen LogP contribution in [0.2, 0.25) is 0 Å². The van der Waals surface area contributed by atoms with E-state index in [0.717, 1.165) is 0 Å². The molecule has 2 heterocycles. The van der Waals surface area contributed by atoms with Crippen LogP contribution in [0.15, 0.2) is 58.0 Å². The molecule has 0 fully saturated rings. The van der Waals surface area contributed by atoms with Crippen LogP contribution in [-0.2, 0) is 6.54 Å². The Bertz CT molecular complexity index is 902. The van der Waals surface area contributed by atoms with Gasteiger partial charge in [-0.15, -0.1) is 0 Å². The number of nitrogens with zero attached hydrogens (tertiary/aromatic N) is 3. The molecule has 3 rings (SSSR count). The Kier molecular flexibility index (Phi) is 4.46. The van der Waals surface area contributed by atoms with Gasteiger partial charge in [0.25, 0.3) is 11.4 Å². The molecule has 0 atom stereocenters. The molecule has 2 aromatic heterocycles. The van der Waals surface area contributed by atoms with Crippen molar-refractivity contribution >= 4 is 5.91 Å². The van der Waals surface area contributed by atoms with E-state index < -0.39 is 5.91 Å². The fourth-order valence-electron chi connectivity index (χ4n) is 2.03. The molecule has 0 aliphatic rings. The van der Waals surface area contributed by atoms with Crippen LogP contribution in [0.25, 0.3) is 11.3 Å². The van der Waals surface area contributed by atoms with Gasteiger partial charge in [-0.2, -0.15) is 5.10 Å². The van der Waals surface area contributed by atoms with E-state index in [1.54, 1.807) is 6.07 Å². The van der Waals surface area contributed by atoms with E-state index in [-0.39, 0.29) is 30.4 Å². The van der Waals surface area contributed by atoms with Gasteiger partial charge in [0.2, 0.25) is 0 Å². The Morgan fingerprint density at radius 3 is 2.79 bits per heavy atom. The Balaban J connectivity index is 1.61. The first-order valence-electron chi connectivity index (χ1n) is 7.15. The fraction of sp³-hybridized carbons (Fsp3) is 0.125. The quantitative estimate of drug-likeness (QED) is 0.766. The van der Waals surface area contributed by atoms with Crippen LogP contribution in [-0.4, -0.2) is 27.2 Å². The maximum Gasteiger partial charge on any atom is 0.307 e. The summed E-state index contributed by atoms with van der Waals surface area (Å²) in [4.78, 5) is 27.4. The topological polar surface area (TPSA) is 90.0 Å². The molecule has 0 bridgehead atoms. The zero-order valence-corrected chi connectivity index (χ0v) is 12.5. The standard InChI is InChI=1S/C16H13FN4O3/c17-12-5-3-11(4-6-12)13-10-19-16(24-13)15(23)18-8-9-21-14(22)2-1-7-20-21/h1-7,10H,8-9H2,(H,18,23). The highest BCUT2D eigenvalue weighted by Gasteiger charge is 2.14. The van der Waals surface area contributed by atoms with Crippen molar-refractivity contribution in [2.75, 3.05) is 6.54 Å². The van der Waals surface area contributed by atoms with Crippen LogP contribution < -0.4 is 10.9 Å². The zero-order valence-electron chi connectivity index (χ0n) is 12.5. The summed E-state index contributed by atoms with van der Waals surface area (Å²) in [6.07, 6.45) is 2.89. The number of aromatic nitrogens is 3. The number of hydrogen-bond acceptors (Lipinski definition) is 5. The van der Waals surface area contributed by atoms with Gasteiger partial charge in [0.15, 0.2) is 5.76 Å². The minimum atomic E-state index is -0.507. The summed E-state index contributed by atoms with van der Waals surface area (Å²) in [7, 11) is 0. The minimum Gasteiger partial charge on any atom is -0.432 e. The van der Waals surface area contributed by atoms with E-state index in [2.05, 4.69) is 15.4 Å². The van der Waals surface area contributed by atoms with Gasteiger partial charge < -0.3 is 9.73 Å². The maximum atomic E-state index is 12.9. The van der Waals surface area contributed by atoms with Crippen molar-refractivity contribution in [3.63, 3.8) is 0 Å². The predicted octanol–water partition coefficient (Wildman–Crippen LogP) is 1.47. The Morgan fingerprint density at radius 1 is 1.25 bits per heavy atom. The Morgan fingerprint density at radius 2 is 2.04 bits per heavy atom. The van der Waals surface area contributed by atoms with Crippen molar-refractivity contribution in [3.05, 3.63) is 70.9 Å². The SMILES string of the molecule is O=C(NCCn1ncccc1=O)c1ncc(-c2ccc(F)cc2)o1. The molecule has 0 radical (unpaired) electrons. The Hall–Kier alpha value is -3.29. The average molecular weight is 328 g/mol. The number of amides is 1. The second-order valence-corrected chi connectivity index (χ2v) is 4.88. The van der Waals surface area contributed by atoms with Gasteiger partial charge in [0.1, 0.15) is 5.82 Å². The largest absolute Gasteiger partial charge is 0.432 e. The molecule has 8 heteroatoms. The third kappa shape index (κ3) is 3.54. The molecule has 122 valence electrons. The number of halogens is 1. The van der Waals surface area contributed by atoms with Crippen LogP contribution in [0.4, 0.5) is 4.39 Å². The summed E-state index contributed by atoms with van der Waals surface area (Å²) in [5.41, 5.74) is 0.365. The van der Waals surface area contributed by atoms with Crippen molar-refractivity contribution in [1.29, 1.82) is 0 Å². The maximum absolute atomic E-state index is 12.9. The normalized spacial score (nSPS) is 10.5. The fourth-order valence-corrected chi connectivity index (χ4v) is 2.03. The molecule has 1 N–H and O–H groups in total. The number of oxazole rings is 1. The van der Waals surface area contributed by atoms with E-state index >= 15 is 0 Å². The lowest BCUT2D eigenvalue weighted by Crippen LogP contribution is -2.31. The van der Waals surface area contributed by atoms with Crippen molar-refractivity contribution in [1.82, 2.24) is 20.1 Å². The van der Waals surface area contributed by atoms with Crippen molar-refractivity contribution in [2.24, 2.45) is 0 Å². The number of carbonyl (C=O) groups is 1. The van der Waals surface area contributed by atoms with Gasteiger partial charge in [-0.05, 0) is 30.3 Å². The van der Waals surface area contributed by atoms with Gasteiger partial charge in [-0.25, -0.2) is 14.1 Å². The first-order chi connectivity index (χ1) is 11.6. The molecule has 0 unspecified atom stereocenters. The third-order valence-electron chi connectivity index (χ3n) is 3.22. The molecule has 0 saturated carbocycles. The van der Waals surface area contributed by atoms with Gasteiger partial charge in [-0.3, -0.25) is 9.59 Å². The summed E-state index contributed by atoms with van der Waals surface area (Å²) in [6, 6.07) is 8.58. The second-order valence-electron chi connectivity index (χ2n) is 4.88. The highest BCUT2D eigenvalue weighted by molar-refractivity contribution is 5.89. The van der Waals surface area contributed by atoms with E-state index in [0.29, 0.717) is 11.3 Å². The van der Waals surface area contributed by atoms with Crippen molar-refractivity contribution < 1.29 is 13.6 Å². The third-order valence-corrected chi connectivity index (χ3v) is 3.22. The molecule has 24 heavy (non-hydrogen) atoms. The van der Waals surface area contributed by atoms with Crippen LogP contribution in [0.5, 0.6) is 0 Å². The van der Waals surface area contributed by atoms with Crippen LogP contribution in [0.3, 0.4) is 0 Å². The smallest absolute Gasteiger partial charge is 0.307 e. The number of carbonyl (C=O) groups excluding carboxylic acids is 1. The van der Waals surface area contributed by atoms with Gasteiger partial charge >= 0.3 is 5.91 Å². The molecule has 3 aromatic rings.